The molecule has 2 saturated heterocycles. The fourth-order valence-electron chi connectivity index (χ4n) is 4.81. The van der Waals surface area contributed by atoms with E-state index in [1.165, 1.54) is 5.56 Å². The molecular formula is C29H26N4O3. The average molecular weight is 479 g/mol. The van der Waals surface area contributed by atoms with Crippen molar-refractivity contribution in [2.75, 3.05) is 18.5 Å². The minimum atomic E-state index is -0.219. The third kappa shape index (κ3) is 4.58. The summed E-state index contributed by atoms with van der Waals surface area (Å²) in [5, 5.41) is 6.43. The van der Waals surface area contributed by atoms with Crippen LogP contribution >= 0.6 is 0 Å². The van der Waals surface area contributed by atoms with E-state index in [2.05, 4.69) is 52.0 Å². The van der Waals surface area contributed by atoms with Gasteiger partial charge in [-0.2, -0.15) is 0 Å². The van der Waals surface area contributed by atoms with Gasteiger partial charge in [-0.3, -0.25) is 4.79 Å². The van der Waals surface area contributed by atoms with E-state index >= 15 is 0 Å². The molecule has 2 aliphatic heterocycles. The van der Waals surface area contributed by atoms with E-state index in [1.807, 2.05) is 42.5 Å². The molecule has 7 nitrogen and oxygen atoms in total. The molecule has 2 aliphatic rings. The molecule has 4 atom stereocenters. The van der Waals surface area contributed by atoms with Crippen molar-refractivity contribution < 1.29 is 14.3 Å². The Hall–Kier alpha value is -4.07. The molecule has 0 radical (unpaired) electrons. The summed E-state index contributed by atoms with van der Waals surface area (Å²) in [6.45, 7) is 0.854. The maximum atomic E-state index is 12.6. The first kappa shape index (κ1) is 22.4. The van der Waals surface area contributed by atoms with Crippen LogP contribution in [0.3, 0.4) is 0 Å². The van der Waals surface area contributed by atoms with Crippen molar-refractivity contribution in [1.82, 2.24) is 15.3 Å². The third-order valence-corrected chi connectivity index (χ3v) is 6.66. The summed E-state index contributed by atoms with van der Waals surface area (Å²) in [5.74, 6) is 0.397. The second-order valence-corrected chi connectivity index (χ2v) is 9.00. The summed E-state index contributed by atoms with van der Waals surface area (Å²) in [6, 6.07) is 29.4. The first-order chi connectivity index (χ1) is 17.7. The average Bonchev–Trinajstić information content (AvgIpc) is 3.53. The number of nitrogens with zero attached hydrogens (tertiary/aromatic N) is 2. The van der Waals surface area contributed by atoms with Gasteiger partial charge in [-0.15, -0.1) is 0 Å². The van der Waals surface area contributed by atoms with Crippen LogP contribution in [0.1, 0.15) is 10.4 Å². The highest BCUT2D eigenvalue weighted by Crippen LogP contribution is 2.29. The van der Waals surface area contributed by atoms with Gasteiger partial charge in [0.1, 0.15) is 12.2 Å². The summed E-state index contributed by atoms with van der Waals surface area (Å²) in [5.41, 5.74) is 4.81. The van der Waals surface area contributed by atoms with Crippen molar-refractivity contribution in [2.45, 2.75) is 24.3 Å². The quantitative estimate of drug-likeness (QED) is 0.432. The van der Waals surface area contributed by atoms with Gasteiger partial charge < -0.3 is 20.1 Å². The number of carbonyl (C=O) groups excluding carboxylic acids is 1. The summed E-state index contributed by atoms with van der Waals surface area (Å²) >= 11 is 0. The monoisotopic (exact) mass is 478 g/mol. The van der Waals surface area contributed by atoms with Crippen LogP contribution < -0.4 is 10.6 Å². The number of ether oxygens (including phenoxy) is 2. The van der Waals surface area contributed by atoms with Gasteiger partial charge in [-0.25, -0.2) is 9.97 Å². The number of fused-ring (bicyclic) bond motifs is 1. The molecule has 0 aliphatic carbocycles. The maximum Gasteiger partial charge on any atom is 0.251 e. The van der Waals surface area contributed by atoms with E-state index in [4.69, 9.17) is 14.5 Å². The number of hydrogen-bond acceptors (Lipinski definition) is 6. The molecule has 1 aromatic heterocycles. The number of aromatic nitrogens is 2. The highest BCUT2D eigenvalue weighted by atomic mass is 16.6. The van der Waals surface area contributed by atoms with Gasteiger partial charge in [0.05, 0.1) is 31.0 Å². The zero-order valence-electron chi connectivity index (χ0n) is 19.6. The molecule has 0 bridgehead atoms. The number of carbonyl (C=O) groups is 1. The standard InChI is InChI=1S/C29H26N4O3/c34-28(22-9-5-2-6-10-22)31-24-17-35-27-25(18-36-26(24)27)33-29-30-16-15-23(32-29)21-13-11-20(12-14-21)19-7-3-1-4-8-19/h1-16,24-27H,17-18H2,(H,31,34)(H,30,32,33)/t24-,25+,26-,27+/m0/s1. The van der Waals surface area contributed by atoms with Crippen LogP contribution in [0.4, 0.5) is 5.95 Å². The first-order valence-electron chi connectivity index (χ1n) is 12.1. The predicted octanol–water partition coefficient (Wildman–Crippen LogP) is 4.19. The molecule has 0 unspecified atom stereocenters. The largest absolute Gasteiger partial charge is 0.371 e. The minimum absolute atomic E-state index is 0.107. The van der Waals surface area contributed by atoms with Gasteiger partial charge >= 0.3 is 0 Å². The fourth-order valence-corrected chi connectivity index (χ4v) is 4.81. The molecule has 3 heterocycles. The second-order valence-electron chi connectivity index (χ2n) is 9.00. The summed E-state index contributed by atoms with van der Waals surface area (Å²) in [4.78, 5) is 21.7. The zero-order valence-corrected chi connectivity index (χ0v) is 19.6. The Kier molecular flexibility index (Phi) is 6.15. The van der Waals surface area contributed by atoms with Gasteiger partial charge in [0.25, 0.3) is 5.91 Å². The van der Waals surface area contributed by atoms with Crippen LogP contribution in [0, 0.1) is 0 Å². The van der Waals surface area contributed by atoms with Gasteiger partial charge in [0.2, 0.25) is 5.95 Å². The summed E-state index contributed by atoms with van der Waals surface area (Å²) in [7, 11) is 0. The van der Waals surface area contributed by atoms with E-state index in [0.717, 1.165) is 16.8 Å². The van der Waals surface area contributed by atoms with Crippen LogP contribution in [0.5, 0.6) is 0 Å². The molecule has 0 saturated carbocycles. The molecular weight excluding hydrogens is 452 g/mol. The Morgan fingerprint density at radius 3 is 2.08 bits per heavy atom. The maximum absolute atomic E-state index is 12.6. The molecule has 4 aromatic rings. The van der Waals surface area contributed by atoms with E-state index < -0.39 is 0 Å². The van der Waals surface area contributed by atoms with Gasteiger partial charge in [0, 0.05) is 17.3 Å². The van der Waals surface area contributed by atoms with Crippen molar-refractivity contribution in [1.29, 1.82) is 0 Å². The number of amides is 1. The zero-order chi connectivity index (χ0) is 24.3. The van der Waals surface area contributed by atoms with E-state index in [0.29, 0.717) is 24.7 Å². The van der Waals surface area contributed by atoms with Crippen molar-refractivity contribution in [3.05, 3.63) is 103 Å². The molecule has 180 valence electrons. The molecule has 1 amide bonds. The highest BCUT2D eigenvalue weighted by molar-refractivity contribution is 5.94. The normalized spacial score (nSPS) is 22.7. The number of anilines is 1. The Bertz CT molecular complexity index is 1330. The molecule has 36 heavy (non-hydrogen) atoms. The van der Waals surface area contributed by atoms with Gasteiger partial charge in [-0.05, 0) is 29.3 Å². The molecule has 2 fully saturated rings. The number of benzene rings is 3. The Morgan fingerprint density at radius 1 is 0.722 bits per heavy atom. The predicted molar refractivity (Wildman–Crippen MR) is 137 cm³/mol. The molecule has 2 N–H and O–H groups in total. The molecule has 7 heteroatoms. The Balaban J connectivity index is 1.11. The summed E-state index contributed by atoms with van der Waals surface area (Å²) < 4.78 is 12.0. The number of rotatable bonds is 6. The van der Waals surface area contributed by atoms with Crippen LogP contribution in [0.15, 0.2) is 97.2 Å². The third-order valence-electron chi connectivity index (χ3n) is 6.66. The lowest BCUT2D eigenvalue weighted by Gasteiger charge is -2.18. The smallest absolute Gasteiger partial charge is 0.251 e. The SMILES string of the molecule is O=C(N[C@H]1CO[C@H]2[C@H]1OC[C@H]2Nc1nccc(-c2ccc(-c3ccccc3)cc2)n1)c1ccccc1. The van der Waals surface area contributed by atoms with E-state index in [9.17, 15) is 4.79 Å². The first-order valence-corrected chi connectivity index (χ1v) is 12.1. The molecule has 0 spiro atoms. The lowest BCUT2D eigenvalue weighted by Crippen LogP contribution is -2.44. The fraction of sp³-hybridized carbons (Fsp3) is 0.207. The minimum Gasteiger partial charge on any atom is -0.371 e. The van der Waals surface area contributed by atoms with Crippen molar-refractivity contribution >= 4 is 11.9 Å². The van der Waals surface area contributed by atoms with Crippen LogP contribution in [-0.4, -0.2) is 53.4 Å². The van der Waals surface area contributed by atoms with Crippen molar-refractivity contribution in [2.24, 2.45) is 0 Å². The molecule has 3 aromatic carbocycles. The Morgan fingerprint density at radius 2 is 1.33 bits per heavy atom. The van der Waals surface area contributed by atoms with E-state index in [1.54, 1.807) is 18.3 Å². The van der Waals surface area contributed by atoms with E-state index in [-0.39, 0.29) is 30.2 Å². The highest BCUT2D eigenvalue weighted by Gasteiger charge is 2.48. The topological polar surface area (TPSA) is 85.4 Å². The Labute approximate surface area is 209 Å². The van der Waals surface area contributed by atoms with Crippen LogP contribution in [0.2, 0.25) is 0 Å². The van der Waals surface area contributed by atoms with Gasteiger partial charge in [-0.1, -0.05) is 72.8 Å². The van der Waals surface area contributed by atoms with Crippen molar-refractivity contribution in [3.63, 3.8) is 0 Å². The van der Waals surface area contributed by atoms with Crippen LogP contribution in [0.25, 0.3) is 22.4 Å². The lowest BCUT2D eigenvalue weighted by atomic mass is 10.0. The van der Waals surface area contributed by atoms with Crippen molar-refractivity contribution in [3.8, 4) is 22.4 Å². The number of nitrogens with one attached hydrogen (secondary N) is 2. The van der Waals surface area contributed by atoms with Gasteiger partial charge in [0.15, 0.2) is 0 Å². The summed E-state index contributed by atoms with van der Waals surface area (Å²) in [6.07, 6.45) is 1.34. The molecule has 6 rings (SSSR count). The number of hydrogen-bond donors (Lipinski definition) is 2. The van der Waals surface area contributed by atoms with Crippen LogP contribution in [-0.2, 0) is 9.47 Å². The second kappa shape index (κ2) is 9.89. The lowest BCUT2D eigenvalue weighted by molar-refractivity contribution is 0.0652.